The van der Waals surface area contributed by atoms with E-state index in [1.165, 1.54) is 17.7 Å². The second-order valence-corrected chi connectivity index (χ2v) is 6.27. The van der Waals surface area contributed by atoms with E-state index in [1.807, 2.05) is 31.0 Å². The Morgan fingerprint density at radius 1 is 1.04 bits per heavy atom. The van der Waals surface area contributed by atoms with E-state index in [-0.39, 0.29) is 11.7 Å². The highest BCUT2D eigenvalue weighted by molar-refractivity contribution is 7.80. The van der Waals surface area contributed by atoms with E-state index in [0.29, 0.717) is 10.8 Å². The molecule has 3 rings (SSSR count). The minimum Gasteiger partial charge on any atom is -0.359 e. The van der Waals surface area contributed by atoms with Crippen LogP contribution >= 0.6 is 12.2 Å². The number of hydrogen-bond acceptors (Lipinski definition) is 3. The van der Waals surface area contributed by atoms with E-state index in [9.17, 15) is 10.1 Å². The zero-order chi connectivity index (χ0) is 18.4. The van der Waals surface area contributed by atoms with E-state index in [2.05, 4.69) is 35.6 Å². The predicted molar refractivity (Wildman–Crippen MR) is 107 cm³/mol. The lowest BCUT2D eigenvalue weighted by Gasteiger charge is -2.26. The van der Waals surface area contributed by atoms with Gasteiger partial charge >= 0.3 is 0 Å². The van der Waals surface area contributed by atoms with Gasteiger partial charge in [0.15, 0.2) is 5.11 Å². The van der Waals surface area contributed by atoms with Gasteiger partial charge in [0.05, 0.1) is 4.92 Å². The second kappa shape index (κ2) is 8.76. The third kappa shape index (κ3) is 5.02. The summed E-state index contributed by atoms with van der Waals surface area (Å²) in [6, 6.07) is 16.4. The highest BCUT2D eigenvalue weighted by Gasteiger charge is 2.27. The molecule has 1 fully saturated rings. The summed E-state index contributed by atoms with van der Waals surface area (Å²) in [4.78, 5) is 10.3. The van der Waals surface area contributed by atoms with Crippen molar-refractivity contribution in [2.45, 2.75) is 12.5 Å². The van der Waals surface area contributed by atoms with Crippen LogP contribution in [-0.2, 0) is 6.42 Å². The summed E-state index contributed by atoms with van der Waals surface area (Å²) in [5, 5.41) is 17.6. The molecule has 0 unspecified atom stereocenters. The summed E-state index contributed by atoms with van der Waals surface area (Å²) in [7, 11) is 0. The lowest BCUT2D eigenvalue weighted by molar-refractivity contribution is -0.384. The topological polar surface area (TPSA) is 67.2 Å². The van der Waals surface area contributed by atoms with Gasteiger partial charge in [0.25, 0.3) is 5.69 Å². The predicted octanol–water partition coefficient (Wildman–Crippen LogP) is 3.90. The number of nitrogens with zero attached hydrogens (tertiary/aromatic N) is 1. The molecule has 131 valence electrons. The molecule has 5 nitrogen and oxygen atoms in total. The number of rotatable bonds is 6. The molecule has 0 spiro atoms. The zero-order valence-corrected chi connectivity index (χ0v) is 14.8. The first kappa shape index (κ1) is 18.3. The number of benzene rings is 2. The largest absolute Gasteiger partial charge is 0.359 e. The molecule has 1 saturated carbocycles. The molecule has 1 aliphatic rings. The van der Waals surface area contributed by atoms with Crippen LogP contribution in [-0.4, -0.2) is 16.1 Å². The SMILES string of the molecule is O=[N+]([O-])c1ccc(NC(=S)N[C@H](Cc2ccccc2)[C]2[CH][CH][CH][CH]2)cc1. The van der Waals surface area contributed by atoms with Gasteiger partial charge in [-0.2, -0.15) is 0 Å². The number of nitro benzene ring substituents is 1. The molecule has 0 amide bonds. The molecular formula is C20H18N3O2S. The fourth-order valence-electron chi connectivity index (χ4n) is 2.72. The Morgan fingerprint density at radius 3 is 2.31 bits per heavy atom. The number of hydrogen-bond donors (Lipinski definition) is 2. The average molecular weight is 364 g/mol. The van der Waals surface area contributed by atoms with E-state index in [4.69, 9.17) is 12.2 Å². The maximum Gasteiger partial charge on any atom is 0.269 e. The van der Waals surface area contributed by atoms with Crippen LogP contribution in [0.3, 0.4) is 0 Å². The third-order valence-electron chi connectivity index (χ3n) is 4.01. The van der Waals surface area contributed by atoms with E-state index >= 15 is 0 Å². The first-order chi connectivity index (χ1) is 12.6. The van der Waals surface area contributed by atoms with Gasteiger partial charge in [-0.1, -0.05) is 30.3 Å². The number of non-ortho nitro benzene ring substituents is 1. The highest BCUT2D eigenvalue weighted by atomic mass is 32.1. The van der Waals surface area contributed by atoms with E-state index < -0.39 is 4.92 Å². The number of nitrogens with one attached hydrogen (secondary N) is 2. The van der Waals surface area contributed by atoms with E-state index in [0.717, 1.165) is 12.3 Å². The molecule has 2 aromatic rings. The summed E-state index contributed by atoms with van der Waals surface area (Å²) >= 11 is 5.43. The zero-order valence-electron chi connectivity index (χ0n) is 14.0. The van der Waals surface area contributed by atoms with Gasteiger partial charge in [0.2, 0.25) is 0 Å². The fraction of sp³-hybridized carbons (Fsp3) is 0.100. The van der Waals surface area contributed by atoms with Crippen LogP contribution in [0, 0.1) is 41.7 Å². The number of nitro groups is 1. The quantitative estimate of drug-likeness (QED) is 0.462. The van der Waals surface area contributed by atoms with Crippen LogP contribution < -0.4 is 10.6 Å². The Bertz CT molecular complexity index is 743. The minimum absolute atomic E-state index is 0.0328. The van der Waals surface area contributed by atoms with Crippen LogP contribution in [0.2, 0.25) is 0 Å². The van der Waals surface area contributed by atoms with E-state index in [1.54, 1.807) is 12.1 Å². The molecule has 0 aliphatic heterocycles. The van der Waals surface area contributed by atoms with Crippen molar-refractivity contribution in [1.82, 2.24) is 5.32 Å². The standard InChI is InChI=1S/C20H18N3O2S/c24-23(25)18-12-10-17(11-13-18)21-20(26)22-19(16-8-4-5-9-16)14-15-6-2-1-3-7-15/h1-13,19H,14H2,(H2,21,22,26)/t19-/m1/s1. The first-order valence-corrected chi connectivity index (χ1v) is 8.60. The van der Waals surface area contributed by atoms with Crippen molar-refractivity contribution in [3.8, 4) is 0 Å². The first-order valence-electron chi connectivity index (χ1n) is 8.19. The summed E-state index contributed by atoms with van der Waals surface area (Å²) in [5.74, 6) is 1.15. The van der Waals surface area contributed by atoms with Crippen LogP contribution in [0.1, 0.15) is 5.56 Å². The summed E-state index contributed by atoms with van der Waals surface area (Å²) in [5.41, 5.74) is 1.96. The Balaban J connectivity index is 1.63. The average Bonchev–Trinajstić information content (AvgIpc) is 3.17. The molecule has 1 aliphatic carbocycles. The second-order valence-electron chi connectivity index (χ2n) is 5.86. The van der Waals surface area contributed by atoms with Gasteiger partial charge in [-0.15, -0.1) is 0 Å². The van der Waals surface area contributed by atoms with Gasteiger partial charge in [-0.25, -0.2) is 0 Å². The smallest absolute Gasteiger partial charge is 0.269 e. The van der Waals surface area contributed by atoms with Gasteiger partial charge in [-0.3, -0.25) is 10.1 Å². The van der Waals surface area contributed by atoms with Gasteiger partial charge in [0.1, 0.15) is 0 Å². The molecule has 26 heavy (non-hydrogen) atoms. The molecule has 5 radical (unpaired) electrons. The van der Waals surface area contributed by atoms with Crippen molar-refractivity contribution in [2.75, 3.05) is 5.32 Å². The minimum atomic E-state index is -0.425. The maximum absolute atomic E-state index is 10.7. The lowest BCUT2D eigenvalue weighted by Crippen LogP contribution is -2.42. The van der Waals surface area contributed by atoms with Crippen LogP contribution in [0.25, 0.3) is 0 Å². The molecule has 0 heterocycles. The molecule has 2 aromatic carbocycles. The maximum atomic E-state index is 10.7. The Morgan fingerprint density at radius 2 is 1.69 bits per heavy atom. The molecular weight excluding hydrogens is 346 g/mol. The molecule has 1 atom stereocenters. The van der Waals surface area contributed by atoms with Crippen LogP contribution in [0.5, 0.6) is 0 Å². The van der Waals surface area contributed by atoms with Gasteiger partial charge in [-0.05, 0) is 62.0 Å². The van der Waals surface area contributed by atoms with Gasteiger partial charge in [0, 0.05) is 29.8 Å². The number of thiocarbonyl (C=S) groups is 1. The summed E-state index contributed by atoms with van der Waals surface area (Å²) in [6.45, 7) is 0. The van der Waals surface area contributed by atoms with Crippen molar-refractivity contribution in [1.29, 1.82) is 0 Å². The monoisotopic (exact) mass is 364 g/mol. The van der Waals surface area contributed by atoms with Crippen LogP contribution in [0.15, 0.2) is 54.6 Å². The molecule has 0 saturated heterocycles. The fourth-order valence-corrected chi connectivity index (χ4v) is 2.98. The summed E-state index contributed by atoms with van der Waals surface area (Å²) < 4.78 is 0. The molecule has 0 aromatic heterocycles. The summed E-state index contributed by atoms with van der Waals surface area (Å²) in [6.07, 6.45) is 8.93. The lowest BCUT2D eigenvalue weighted by atomic mass is 9.92. The Hall–Kier alpha value is -2.47. The van der Waals surface area contributed by atoms with Crippen molar-refractivity contribution in [2.24, 2.45) is 0 Å². The van der Waals surface area contributed by atoms with Gasteiger partial charge < -0.3 is 10.6 Å². The van der Waals surface area contributed by atoms with Crippen molar-refractivity contribution in [3.63, 3.8) is 0 Å². The highest BCUT2D eigenvalue weighted by Crippen LogP contribution is 2.28. The molecule has 0 bridgehead atoms. The van der Waals surface area contributed by atoms with Crippen molar-refractivity contribution in [3.05, 3.63) is 102 Å². The Kier molecular flexibility index (Phi) is 6.17. The third-order valence-corrected chi connectivity index (χ3v) is 4.23. The van der Waals surface area contributed by atoms with Crippen molar-refractivity contribution >= 4 is 28.7 Å². The number of anilines is 1. The Labute approximate surface area is 159 Å². The normalized spacial score (nSPS) is 15.4. The molecule has 2 N–H and O–H groups in total. The van der Waals surface area contributed by atoms with Crippen LogP contribution in [0.4, 0.5) is 11.4 Å². The van der Waals surface area contributed by atoms with Crippen molar-refractivity contribution < 1.29 is 4.92 Å². The molecule has 6 heteroatoms.